The van der Waals surface area contributed by atoms with E-state index >= 15 is 0 Å². The Hall–Kier alpha value is -1.62. The fourth-order valence-corrected chi connectivity index (χ4v) is 2.27. The van der Waals surface area contributed by atoms with Crippen molar-refractivity contribution in [3.8, 4) is 5.75 Å². The summed E-state index contributed by atoms with van der Waals surface area (Å²) in [5.41, 5.74) is -0.336. The molecule has 0 fully saturated rings. The van der Waals surface area contributed by atoms with Crippen molar-refractivity contribution in [2.45, 2.75) is 33.8 Å². The standard InChI is InChI=1S/C16H24FNO3/c1-10(2)14(19)16(3,4)9-18-15(20)12-8-11(17)6-7-13(12)21-5/h6-8,10,14,19H,9H2,1-5H3,(H,18,20). The Labute approximate surface area is 125 Å². The van der Waals surface area contributed by atoms with Crippen molar-refractivity contribution in [1.82, 2.24) is 5.32 Å². The van der Waals surface area contributed by atoms with Gasteiger partial charge in [-0.05, 0) is 24.1 Å². The van der Waals surface area contributed by atoms with Gasteiger partial charge in [-0.25, -0.2) is 4.39 Å². The van der Waals surface area contributed by atoms with E-state index in [2.05, 4.69) is 5.32 Å². The first-order chi connectivity index (χ1) is 9.69. The van der Waals surface area contributed by atoms with Crippen molar-refractivity contribution in [3.63, 3.8) is 0 Å². The summed E-state index contributed by atoms with van der Waals surface area (Å²) in [6, 6.07) is 3.79. The van der Waals surface area contributed by atoms with Gasteiger partial charge in [0.05, 0.1) is 18.8 Å². The summed E-state index contributed by atoms with van der Waals surface area (Å²) in [6.07, 6.45) is -0.549. The van der Waals surface area contributed by atoms with E-state index in [1.165, 1.54) is 19.2 Å². The minimum absolute atomic E-state index is 0.0839. The Kier molecular flexibility index (Phi) is 5.72. The van der Waals surface area contributed by atoms with Gasteiger partial charge in [0.1, 0.15) is 11.6 Å². The molecule has 0 bridgehead atoms. The minimum atomic E-state index is -0.549. The third-order valence-corrected chi connectivity index (χ3v) is 3.54. The van der Waals surface area contributed by atoms with Crippen LogP contribution in [0.3, 0.4) is 0 Å². The van der Waals surface area contributed by atoms with E-state index in [9.17, 15) is 14.3 Å². The van der Waals surface area contributed by atoms with Gasteiger partial charge in [-0.15, -0.1) is 0 Å². The zero-order valence-corrected chi connectivity index (χ0v) is 13.2. The number of aliphatic hydroxyl groups excluding tert-OH is 1. The molecule has 1 aromatic carbocycles. The second kappa shape index (κ2) is 6.89. The Morgan fingerprint density at radius 1 is 1.43 bits per heavy atom. The third-order valence-electron chi connectivity index (χ3n) is 3.54. The van der Waals surface area contributed by atoms with Gasteiger partial charge in [0.2, 0.25) is 0 Å². The summed E-state index contributed by atoms with van der Waals surface area (Å²) in [4.78, 5) is 12.2. The number of amides is 1. The van der Waals surface area contributed by atoms with E-state index in [-0.39, 0.29) is 18.0 Å². The lowest BCUT2D eigenvalue weighted by atomic mass is 9.80. The predicted octanol–water partition coefficient (Wildman–Crippen LogP) is 2.61. The highest BCUT2D eigenvalue weighted by molar-refractivity contribution is 5.96. The summed E-state index contributed by atoms with van der Waals surface area (Å²) < 4.78 is 18.3. The van der Waals surface area contributed by atoms with Gasteiger partial charge in [0.25, 0.3) is 5.91 Å². The molecule has 0 saturated heterocycles. The zero-order valence-electron chi connectivity index (χ0n) is 13.2. The van der Waals surface area contributed by atoms with Gasteiger partial charge < -0.3 is 15.2 Å². The lowest BCUT2D eigenvalue weighted by molar-refractivity contribution is 0.0138. The molecule has 0 aromatic heterocycles. The Balaban J connectivity index is 2.81. The van der Waals surface area contributed by atoms with Crippen LogP contribution in [0.2, 0.25) is 0 Å². The van der Waals surface area contributed by atoms with Gasteiger partial charge >= 0.3 is 0 Å². The molecule has 0 aliphatic heterocycles. The maximum Gasteiger partial charge on any atom is 0.255 e. The average molecular weight is 297 g/mol. The van der Waals surface area contributed by atoms with Crippen LogP contribution in [0.4, 0.5) is 4.39 Å². The first-order valence-corrected chi connectivity index (χ1v) is 6.99. The zero-order chi connectivity index (χ0) is 16.2. The van der Waals surface area contributed by atoms with Crippen molar-refractivity contribution < 1.29 is 19.0 Å². The number of hydrogen-bond donors (Lipinski definition) is 2. The van der Waals surface area contributed by atoms with Crippen LogP contribution in [0.5, 0.6) is 5.75 Å². The van der Waals surface area contributed by atoms with Crippen molar-refractivity contribution in [2.24, 2.45) is 11.3 Å². The molecule has 0 aliphatic rings. The van der Waals surface area contributed by atoms with E-state index in [4.69, 9.17) is 4.74 Å². The van der Waals surface area contributed by atoms with Crippen molar-refractivity contribution in [2.75, 3.05) is 13.7 Å². The van der Waals surface area contributed by atoms with Crippen LogP contribution in [0.25, 0.3) is 0 Å². The molecular weight excluding hydrogens is 273 g/mol. The van der Waals surface area contributed by atoms with Crippen molar-refractivity contribution in [1.29, 1.82) is 0 Å². The summed E-state index contributed by atoms with van der Waals surface area (Å²) in [5, 5.41) is 12.9. The van der Waals surface area contributed by atoms with Crippen molar-refractivity contribution >= 4 is 5.91 Å². The van der Waals surface area contributed by atoms with Gasteiger partial charge in [-0.1, -0.05) is 27.7 Å². The lowest BCUT2D eigenvalue weighted by Crippen LogP contribution is -2.43. The number of aliphatic hydroxyl groups is 1. The van der Waals surface area contributed by atoms with Gasteiger partial charge in [-0.2, -0.15) is 0 Å². The molecule has 118 valence electrons. The number of nitrogens with one attached hydrogen (secondary N) is 1. The van der Waals surface area contributed by atoms with E-state index < -0.39 is 23.2 Å². The first-order valence-electron chi connectivity index (χ1n) is 6.99. The largest absolute Gasteiger partial charge is 0.496 e. The van der Waals surface area contributed by atoms with Gasteiger partial charge in [-0.3, -0.25) is 4.79 Å². The van der Waals surface area contributed by atoms with E-state index in [0.717, 1.165) is 6.07 Å². The smallest absolute Gasteiger partial charge is 0.255 e. The predicted molar refractivity (Wildman–Crippen MR) is 79.9 cm³/mol. The SMILES string of the molecule is COc1ccc(F)cc1C(=O)NCC(C)(C)C(O)C(C)C. The number of carbonyl (C=O) groups excluding carboxylic acids is 1. The third kappa shape index (κ3) is 4.43. The van der Waals surface area contributed by atoms with Crippen molar-refractivity contribution in [3.05, 3.63) is 29.6 Å². The molecule has 2 N–H and O–H groups in total. The lowest BCUT2D eigenvalue weighted by Gasteiger charge is -2.33. The van der Waals surface area contributed by atoms with E-state index in [1.54, 1.807) is 0 Å². The minimum Gasteiger partial charge on any atom is -0.496 e. The fourth-order valence-electron chi connectivity index (χ4n) is 2.27. The molecule has 0 saturated carbocycles. The Morgan fingerprint density at radius 3 is 2.57 bits per heavy atom. The van der Waals surface area contributed by atoms with Crippen LogP contribution in [0, 0.1) is 17.2 Å². The number of rotatable bonds is 6. The highest BCUT2D eigenvalue weighted by Crippen LogP contribution is 2.26. The summed E-state index contributed by atoms with van der Waals surface area (Å²) in [5.74, 6) is -0.519. The second-order valence-corrected chi connectivity index (χ2v) is 6.20. The molecule has 0 aliphatic carbocycles. The number of benzene rings is 1. The van der Waals surface area contributed by atoms with Crippen LogP contribution in [0.15, 0.2) is 18.2 Å². The number of ether oxygens (including phenoxy) is 1. The Morgan fingerprint density at radius 2 is 2.05 bits per heavy atom. The molecule has 0 spiro atoms. The van der Waals surface area contributed by atoms with Crippen LogP contribution >= 0.6 is 0 Å². The normalized spacial score (nSPS) is 13.1. The Bertz CT molecular complexity index is 500. The molecule has 0 radical (unpaired) electrons. The molecule has 1 atom stereocenters. The molecule has 1 amide bonds. The maximum atomic E-state index is 13.3. The van der Waals surface area contributed by atoms with Crippen LogP contribution in [0.1, 0.15) is 38.1 Å². The van der Waals surface area contributed by atoms with E-state index in [1.807, 2.05) is 27.7 Å². The molecule has 1 unspecified atom stereocenters. The summed E-state index contributed by atoms with van der Waals surface area (Å²) in [7, 11) is 1.43. The monoisotopic (exact) mass is 297 g/mol. The summed E-state index contributed by atoms with van der Waals surface area (Å²) in [6.45, 7) is 7.88. The molecule has 1 aromatic rings. The van der Waals surface area contributed by atoms with Gasteiger partial charge in [0, 0.05) is 12.0 Å². The highest BCUT2D eigenvalue weighted by atomic mass is 19.1. The topological polar surface area (TPSA) is 58.6 Å². The van der Waals surface area contributed by atoms with E-state index in [0.29, 0.717) is 5.75 Å². The van der Waals surface area contributed by atoms with Crippen LogP contribution in [-0.2, 0) is 0 Å². The molecule has 1 rings (SSSR count). The molecule has 0 heterocycles. The van der Waals surface area contributed by atoms with Crippen LogP contribution < -0.4 is 10.1 Å². The maximum absolute atomic E-state index is 13.3. The molecule has 21 heavy (non-hydrogen) atoms. The second-order valence-electron chi connectivity index (χ2n) is 6.20. The average Bonchev–Trinajstić information content (AvgIpc) is 2.43. The molecule has 5 heteroatoms. The fraction of sp³-hybridized carbons (Fsp3) is 0.562. The number of halogens is 1. The summed E-state index contributed by atoms with van der Waals surface area (Å²) >= 11 is 0. The first kappa shape index (κ1) is 17.4. The quantitative estimate of drug-likeness (QED) is 0.848. The number of hydrogen-bond acceptors (Lipinski definition) is 3. The number of methoxy groups -OCH3 is 1. The number of carbonyl (C=O) groups is 1. The highest BCUT2D eigenvalue weighted by Gasteiger charge is 2.30. The van der Waals surface area contributed by atoms with Gasteiger partial charge in [0.15, 0.2) is 0 Å². The molecular formula is C16H24FNO3. The van der Waals surface area contributed by atoms with Crippen LogP contribution in [-0.4, -0.2) is 30.8 Å². The molecule has 4 nitrogen and oxygen atoms in total.